The SMILES string of the molecule is O=Cc1cccn1Cc1csc2ccccc12. The molecule has 17 heavy (non-hydrogen) atoms. The predicted octanol–water partition coefficient (Wildman–Crippen LogP) is 3.56. The smallest absolute Gasteiger partial charge is 0.166 e. The Hall–Kier alpha value is -1.87. The fourth-order valence-electron chi connectivity index (χ4n) is 2.02. The third-order valence-corrected chi connectivity index (χ3v) is 3.90. The highest BCUT2D eigenvalue weighted by Crippen LogP contribution is 2.26. The molecule has 1 aromatic carbocycles. The van der Waals surface area contributed by atoms with Crippen molar-refractivity contribution in [3.8, 4) is 0 Å². The lowest BCUT2D eigenvalue weighted by Crippen LogP contribution is -2.01. The molecule has 0 aliphatic rings. The summed E-state index contributed by atoms with van der Waals surface area (Å²) in [7, 11) is 0. The molecule has 0 N–H and O–H groups in total. The van der Waals surface area contributed by atoms with Crippen LogP contribution in [0.2, 0.25) is 0 Å². The molecule has 2 heterocycles. The molecule has 0 unspecified atom stereocenters. The van der Waals surface area contributed by atoms with Crippen molar-refractivity contribution in [2.75, 3.05) is 0 Å². The van der Waals surface area contributed by atoms with Crippen molar-refractivity contribution in [3.63, 3.8) is 0 Å². The molecule has 0 fully saturated rings. The number of nitrogens with zero attached hydrogens (tertiary/aromatic N) is 1. The van der Waals surface area contributed by atoms with Crippen LogP contribution < -0.4 is 0 Å². The van der Waals surface area contributed by atoms with E-state index < -0.39 is 0 Å². The molecule has 0 saturated carbocycles. The summed E-state index contributed by atoms with van der Waals surface area (Å²) >= 11 is 1.75. The van der Waals surface area contributed by atoms with Crippen molar-refractivity contribution >= 4 is 27.7 Å². The van der Waals surface area contributed by atoms with Crippen LogP contribution in [0.5, 0.6) is 0 Å². The van der Waals surface area contributed by atoms with Gasteiger partial charge in [-0.1, -0.05) is 18.2 Å². The summed E-state index contributed by atoms with van der Waals surface area (Å²) in [6, 6.07) is 12.1. The number of hydrogen-bond acceptors (Lipinski definition) is 2. The molecule has 0 saturated heterocycles. The summed E-state index contributed by atoms with van der Waals surface area (Å²) in [6.07, 6.45) is 2.84. The van der Waals surface area contributed by atoms with Gasteiger partial charge in [-0.25, -0.2) is 0 Å². The lowest BCUT2D eigenvalue weighted by molar-refractivity contribution is 0.111. The zero-order chi connectivity index (χ0) is 11.7. The Morgan fingerprint density at radius 2 is 2.06 bits per heavy atom. The van der Waals surface area contributed by atoms with Gasteiger partial charge in [0.15, 0.2) is 6.29 Å². The second-order valence-corrected chi connectivity index (χ2v) is 4.85. The lowest BCUT2D eigenvalue weighted by Gasteiger charge is -2.04. The van der Waals surface area contributed by atoms with Crippen LogP contribution >= 0.6 is 11.3 Å². The Balaban J connectivity index is 2.03. The molecule has 0 aliphatic carbocycles. The average molecular weight is 241 g/mol. The first-order chi connectivity index (χ1) is 8.38. The molecule has 2 aromatic heterocycles. The minimum absolute atomic E-state index is 0.722. The van der Waals surface area contributed by atoms with E-state index in [2.05, 4.69) is 29.6 Å². The van der Waals surface area contributed by atoms with E-state index in [4.69, 9.17) is 0 Å². The summed E-state index contributed by atoms with van der Waals surface area (Å²) in [6.45, 7) is 0.755. The van der Waals surface area contributed by atoms with Gasteiger partial charge >= 0.3 is 0 Å². The molecule has 0 bridgehead atoms. The molecule has 3 rings (SSSR count). The van der Waals surface area contributed by atoms with Crippen LogP contribution in [0, 0.1) is 0 Å². The summed E-state index contributed by atoms with van der Waals surface area (Å²) in [4.78, 5) is 10.9. The van der Waals surface area contributed by atoms with Crippen molar-refractivity contribution in [1.29, 1.82) is 0 Å². The Bertz CT molecular complexity index is 665. The van der Waals surface area contributed by atoms with E-state index in [0.29, 0.717) is 0 Å². The topological polar surface area (TPSA) is 22.0 Å². The first-order valence-corrected chi connectivity index (χ1v) is 6.32. The van der Waals surface area contributed by atoms with E-state index in [-0.39, 0.29) is 0 Å². The van der Waals surface area contributed by atoms with Crippen molar-refractivity contribution in [3.05, 3.63) is 59.2 Å². The summed E-state index contributed by atoms with van der Waals surface area (Å²) in [5.41, 5.74) is 1.99. The standard InChI is InChI=1S/C14H11NOS/c16-9-12-4-3-7-15(12)8-11-10-17-14-6-2-1-5-13(11)14/h1-7,9-10H,8H2. The van der Waals surface area contributed by atoms with Crippen LogP contribution in [0.25, 0.3) is 10.1 Å². The van der Waals surface area contributed by atoms with E-state index in [0.717, 1.165) is 18.5 Å². The maximum Gasteiger partial charge on any atom is 0.166 e. The zero-order valence-corrected chi connectivity index (χ0v) is 9.98. The van der Waals surface area contributed by atoms with Crippen LogP contribution in [-0.4, -0.2) is 10.9 Å². The number of aromatic nitrogens is 1. The van der Waals surface area contributed by atoms with Gasteiger partial charge in [-0.15, -0.1) is 11.3 Å². The molecule has 0 spiro atoms. The van der Waals surface area contributed by atoms with Crippen molar-refractivity contribution in [1.82, 2.24) is 4.57 Å². The van der Waals surface area contributed by atoms with Gasteiger partial charge < -0.3 is 4.57 Å². The van der Waals surface area contributed by atoms with E-state index in [1.165, 1.54) is 15.6 Å². The Labute approximate surface area is 103 Å². The quantitative estimate of drug-likeness (QED) is 0.643. The fourth-order valence-corrected chi connectivity index (χ4v) is 2.97. The van der Waals surface area contributed by atoms with Gasteiger partial charge in [-0.2, -0.15) is 0 Å². The minimum atomic E-state index is 0.722. The number of carbonyl (C=O) groups is 1. The van der Waals surface area contributed by atoms with Crippen LogP contribution in [0.15, 0.2) is 48.0 Å². The highest BCUT2D eigenvalue weighted by atomic mass is 32.1. The number of carbonyl (C=O) groups excluding carboxylic acids is 1. The van der Waals surface area contributed by atoms with Crippen LogP contribution in [0.3, 0.4) is 0 Å². The Morgan fingerprint density at radius 1 is 1.18 bits per heavy atom. The molecule has 3 heteroatoms. The lowest BCUT2D eigenvalue weighted by atomic mass is 10.2. The largest absolute Gasteiger partial charge is 0.341 e. The highest BCUT2D eigenvalue weighted by molar-refractivity contribution is 7.17. The molecule has 84 valence electrons. The van der Waals surface area contributed by atoms with Gasteiger partial charge in [0.1, 0.15) is 0 Å². The summed E-state index contributed by atoms with van der Waals surface area (Å²) in [5, 5.41) is 3.45. The second-order valence-electron chi connectivity index (χ2n) is 3.94. The first kappa shape index (κ1) is 10.3. The number of aldehydes is 1. The van der Waals surface area contributed by atoms with E-state index in [9.17, 15) is 4.79 Å². The normalized spacial score (nSPS) is 10.8. The number of thiophene rings is 1. The molecule has 0 radical (unpaired) electrons. The maximum absolute atomic E-state index is 10.9. The van der Waals surface area contributed by atoms with Gasteiger partial charge in [0.25, 0.3) is 0 Å². The highest BCUT2D eigenvalue weighted by Gasteiger charge is 2.05. The van der Waals surface area contributed by atoms with Gasteiger partial charge in [-0.05, 0) is 34.5 Å². The molecule has 2 nitrogen and oxygen atoms in total. The van der Waals surface area contributed by atoms with Gasteiger partial charge in [0.2, 0.25) is 0 Å². The predicted molar refractivity (Wildman–Crippen MR) is 70.7 cm³/mol. The van der Waals surface area contributed by atoms with Gasteiger partial charge in [0, 0.05) is 17.4 Å². The fraction of sp³-hybridized carbons (Fsp3) is 0.0714. The second kappa shape index (κ2) is 4.18. The van der Waals surface area contributed by atoms with Gasteiger partial charge in [-0.3, -0.25) is 4.79 Å². The number of rotatable bonds is 3. The van der Waals surface area contributed by atoms with Crippen molar-refractivity contribution in [2.45, 2.75) is 6.54 Å². The molecule has 3 aromatic rings. The third-order valence-electron chi connectivity index (χ3n) is 2.89. The van der Waals surface area contributed by atoms with E-state index >= 15 is 0 Å². The average Bonchev–Trinajstić information content (AvgIpc) is 2.97. The monoisotopic (exact) mass is 241 g/mol. The molecular formula is C14H11NOS. The van der Waals surface area contributed by atoms with E-state index in [1.807, 2.05) is 22.9 Å². The maximum atomic E-state index is 10.9. The summed E-state index contributed by atoms with van der Waals surface area (Å²) < 4.78 is 3.27. The minimum Gasteiger partial charge on any atom is -0.341 e. The third kappa shape index (κ3) is 1.78. The molecule has 0 atom stereocenters. The first-order valence-electron chi connectivity index (χ1n) is 5.44. The molecular weight excluding hydrogens is 230 g/mol. The zero-order valence-electron chi connectivity index (χ0n) is 9.17. The number of hydrogen-bond donors (Lipinski definition) is 0. The number of fused-ring (bicyclic) bond motifs is 1. The van der Waals surface area contributed by atoms with Gasteiger partial charge in [0.05, 0.1) is 5.69 Å². The van der Waals surface area contributed by atoms with Crippen LogP contribution in [0.4, 0.5) is 0 Å². The van der Waals surface area contributed by atoms with Crippen LogP contribution in [-0.2, 0) is 6.54 Å². The Kier molecular flexibility index (Phi) is 2.53. The van der Waals surface area contributed by atoms with Crippen molar-refractivity contribution in [2.24, 2.45) is 0 Å². The van der Waals surface area contributed by atoms with E-state index in [1.54, 1.807) is 11.3 Å². The van der Waals surface area contributed by atoms with Crippen LogP contribution in [0.1, 0.15) is 16.1 Å². The molecule has 0 aliphatic heterocycles. The molecule has 0 amide bonds. The summed E-state index contributed by atoms with van der Waals surface area (Å²) in [5.74, 6) is 0. The van der Waals surface area contributed by atoms with Crippen molar-refractivity contribution < 1.29 is 4.79 Å². The Morgan fingerprint density at radius 3 is 2.94 bits per heavy atom. The number of benzene rings is 1.